The van der Waals surface area contributed by atoms with Crippen molar-refractivity contribution in [3.8, 4) is 12.3 Å². The molecule has 0 aliphatic rings. The van der Waals surface area contributed by atoms with Gasteiger partial charge in [0.25, 0.3) is 0 Å². The number of terminal acetylenes is 1. The van der Waals surface area contributed by atoms with Crippen molar-refractivity contribution in [1.82, 2.24) is 0 Å². The summed E-state index contributed by atoms with van der Waals surface area (Å²) in [5, 5.41) is 8.97. The zero-order valence-corrected chi connectivity index (χ0v) is 4.59. The standard InChI is InChI=1S/C7H8O/c1-4-7(8,5-2)6-3/h1,5-6,8H,2-3H2. The summed E-state index contributed by atoms with van der Waals surface area (Å²) in [6.07, 6.45) is 7.39. The third-order valence-electron chi connectivity index (χ3n) is 0.854. The molecular formula is C7H8O. The molecule has 1 heteroatoms. The van der Waals surface area contributed by atoms with Gasteiger partial charge in [-0.3, -0.25) is 0 Å². The number of rotatable bonds is 2. The van der Waals surface area contributed by atoms with E-state index >= 15 is 0 Å². The second-order valence-electron chi connectivity index (χ2n) is 1.38. The first kappa shape index (κ1) is 7.00. The molecule has 0 unspecified atom stereocenters. The van der Waals surface area contributed by atoms with Gasteiger partial charge in [0, 0.05) is 0 Å². The van der Waals surface area contributed by atoms with Gasteiger partial charge in [-0.25, -0.2) is 0 Å². The summed E-state index contributed by atoms with van der Waals surface area (Å²) >= 11 is 0. The van der Waals surface area contributed by atoms with E-state index in [1.165, 1.54) is 12.2 Å². The molecule has 0 saturated heterocycles. The molecule has 0 bridgehead atoms. The molecule has 0 aromatic heterocycles. The molecule has 8 heavy (non-hydrogen) atoms. The lowest BCUT2D eigenvalue weighted by Crippen LogP contribution is -2.17. The van der Waals surface area contributed by atoms with Crippen LogP contribution in [0.5, 0.6) is 0 Å². The highest BCUT2D eigenvalue weighted by atomic mass is 16.3. The normalized spacial score (nSPS) is 9.50. The molecule has 0 atom stereocenters. The minimum atomic E-state index is -1.32. The fourth-order valence-corrected chi connectivity index (χ4v) is 0.201. The van der Waals surface area contributed by atoms with Crippen LogP contribution < -0.4 is 0 Å². The van der Waals surface area contributed by atoms with Crippen molar-refractivity contribution in [1.29, 1.82) is 0 Å². The van der Waals surface area contributed by atoms with Crippen molar-refractivity contribution in [3.63, 3.8) is 0 Å². The molecule has 1 N–H and O–H groups in total. The summed E-state index contributed by atoms with van der Waals surface area (Å²) < 4.78 is 0. The Balaban J connectivity index is 4.26. The highest BCUT2D eigenvalue weighted by molar-refractivity contribution is 5.25. The maximum atomic E-state index is 8.97. The van der Waals surface area contributed by atoms with Gasteiger partial charge in [-0.15, -0.1) is 6.42 Å². The van der Waals surface area contributed by atoms with E-state index in [9.17, 15) is 0 Å². The Morgan fingerprint density at radius 3 is 1.88 bits per heavy atom. The van der Waals surface area contributed by atoms with Crippen LogP contribution in [0.2, 0.25) is 0 Å². The molecule has 0 aromatic carbocycles. The predicted octanol–water partition coefficient (Wildman–Crippen LogP) is 0.723. The second-order valence-corrected chi connectivity index (χ2v) is 1.38. The first-order valence-electron chi connectivity index (χ1n) is 2.16. The fourth-order valence-electron chi connectivity index (χ4n) is 0.201. The smallest absolute Gasteiger partial charge is 0.162 e. The van der Waals surface area contributed by atoms with E-state index in [2.05, 4.69) is 19.1 Å². The average molecular weight is 108 g/mol. The van der Waals surface area contributed by atoms with Crippen LogP contribution in [0.3, 0.4) is 0 Å². The van der Waals surface area contributed by atoms with Crippen LogP contribution in [0.4, 0.5) is 0 Å². The topological polar surface area (TPSA) is 20.2 Å². The van der Waals surface area contributed by atoms with Crippen LogP contribution >= 0.6 is 0 Å². The molecule has 0 fully saturated rings. The minimum absolute atomic E-state index is 1.25. The van der Waals surface area contributed by atoms with Crippen molar-refractivity contribution in [3.05, 3.63) is 25.3 Å². The van der Waals surface area contributed by atoms with E-state index < -0.39 is 5.60 Å². The van der Waals surface area contributed by atoms with Gasteiger partial charge in [0.05, 0.1) is 0 Å². The Kier molecular flexibility index (Phi) is 2.05. The van der Waals surface area contributed by atoms with Crippen LogP contribution in [0.25, 0.3) is 0 Å². The molecule has 0 spiro atoms. The summed E-state index contributed by atoms with van der Waals surface area (Å²) in [5.74, 6) is 2.10. The molecule has 1 nitrogen and oxygen atoms in total. The highest BCUT2D eigenvalue weighted by Gasteiger charge is 2.11. The maximum absolute atomic E-state index is 8.97. The van der Waals surface area contributed by atoms with Gasteiger partial charge in [0.1, 0.15) is 0 Å². The molecule has 0 amide bonds. The van der Waals surface area contributed by atoms with E-state index in [0.29, 0.717) is 0 Å². The lowest BCUT2D eigenvalue weighted by molar-refractivity contribution is 0.205. The molecule has 0 aliphatic carbocycles. The number of aliphatic hydroxyl groups is 1. The van der Waals surface area contributed by atoms with Gasteiger partial charge < -0.3 is 5.11 Å². The lowest BCUT2D eigenvalue weighted by Gasteiger charge is -2.08. The van der Waals surface area contributed by atoms with Crippen molar-refractivity contribution in [2.24, 2.45) is 0 Å². The number of hydrogen-bond donors (Lipinski definition) is 1. The molecular weight excluding hydrogens is 100 g/mol. The van der Waals surface area contributed by atoms with Crippen LogP contribution in [-0.4, -0.2) is 10.7 Å². The molecule has 0 aliphatic heterocycles. The molecule has 0 heterocycles. The van der Waals surface area contributed by atoms with Crippen molar-refractivity contribution >= 4 is 0 Å². The second kappa shape index (κ2) is 2.34. The Morgan fingerprint density at radius 1 is 1.50 bits per heavy atom. The quantitative estimate of drug-likeness (QED) is 0.408. The first-order valence-corrected chi connectivity index (χ1v) is 2.16. The maximum Gasteiger partial charge on any atom is 0.162 e. The van der Waals surface area contributed by atoms with E-state index in [4.69, 9.17) is 11.5 Å². The van der Waals surface area contributed by atoms with Crippen LogP contribution in [0, 0.1) is 12.3 Å². The highest BCUT2D eigenvalue weighted by Crippen LogP contribution is 2.02. The van der Waals surface area contributed by atoms with Gasteiger partial charge >= 0.3 is 0 Å². The Labute approximate surface area is 49.3 Å². The van der Waals surface area contributed by atoms with Gasteiger partial charge in [0.2, 0.25) is 0 Å². The minimum Gasteiger partial charge on any atom is -0.370 e. The predicted molar refractivity (Wildman–Crippen MR) is 34.2 cm³/mol. The van der Waals surface area contributed by atoms with Crippen molar-refractivity contribution in [2.45, 2.75) is 5.60 Å². The molecule has 0 radical (unpaired) electrons. The van der Waals surface area contributed by atoms with Crippen LogP contribution in [0.15, 0.2) is 25.3 Å². The van der Waals surface area contributed by atoms with E-state index in [1.807, 2.05) is 0 Å². The Hall–Kier alpha value is -1.00. The van der Waals surface area contributed by atoms with E-state index in [0.717, 1.165) is 0 Å². The molecule has 0 aromatic rings. The van der Waals surface area contributed by atoms with E-state index in [1.54, 1.807) is 0 Å². The molecule has 42 valence electrons. The monoisotopic (exact) mass is 108 g/mol. The third kappa shape index (κ3) is 1.25. The lowest BCUT2D eigenvalue weighted by atomic mass is 10.1. The average Bonchev–Trinajstić information content (AvgIpc) is 1.87. The first-order chi connectivity index (χ1) is 3.68. The largest absolute Gasteiger partial charge is 0.370 e. The summed E-state index contributed by atoms with van der Waals surface area (Å²) in [6, 6.07) is 0. The zero-order chi connectivity index (χ0) is 6.62. The van der Waals surface area contributed by atoms with Crippen molar-refractivity contribution in [2.75, 3.05) is 0 Å². The molecule has 0 rings (SSSR count). The molecule has 0 saturated carbocycles. The SMILES string of the molecule is C#CC(O)(C=C)C=C. The summed E-state index contributed by atoms with van der Waals surface area (Å²) in [7, 11) is 0. The Morgan fingerprint density at radius 2 is 1.88 bits per heavy atom. The van der Waals surface area contributed by atoms with Gasteiger partial charge in [0.15, 0.2) is 5.60 Å². The summed E-state index contributed by atoms with van der Waals surface area (Å²) in [5.41, 5.74) is -1.32. The van der Waals surface area contributed by atoms with E-state index in [-0.39, 0.29) is 0 Å². The fraction of sp³-hybridized carbons (Fsp3) is 0.143. The third-order valence-corrected chi connectivity index (χ3v) is 0.854. The van der Waals surface area contributed by atoms with Gasteiger partial charge in [-0.05, 0) is 12.2 Å². The van der Waals surface area contributed by atoms with Gasteiger partial charge in [-0.2, -0.15) is 0 Å². The van der Waals surface area contributed by atoms with Crippen LogP contribution in [0.1, 0.15) is 0 Å². The summed E-state index contributed by atoms with van der Waals surface area (Å²) in [6.45, 7) is 6.62. The van der Waals surface area contributed by atoms with Crippen molar-refractivity contribution < 1.29 is 5.11 Å². The van der Waals surface area contributed by atoms with Gasteiger partial charge in [-0.1, -0.05) is 19.1 Å². The number of hydrogen-bond acceptors (Lipinski definition) is 1. The Bertz CT molecular complexity index is 131. The zero-order valence-electron chi connectivity index (χ0n) is 4.59. The van der Waals surface area contributed by atoms with Crippen LogP contribution in [-0.2, 0) is 0 Å². The summed E-state index contributed by atoms with van der Waals surface area (Å²) in [4.78, 5) is 0.